The summed E-state index contributed by atoms with van der Waals surface area (Å²) in [4.78, 5) is 63.2. The van der Waals surface area contributed by atoms with Gasteiger partial charge in [0.15, 0.2) is 5.50 Å². The number of hydrazine groups is 1. The first-order valence-electron chi connectivity index (χ1n) is 9.31. The van der Waals surface area contributed by atoms with Crippen LogP contribution in [0.15, 0.2) is 10.3 Å². The molecule has 0 aromatic heterocycles. The third-order valence-corrected chi connectivity index (χ3v) is 6.00. The fourth-order valence-electron chi connectivity index (χ4n) is 2.86. The summed E-state index contributed by atoms with van der Waals surface area (Å²) in [5.74, 6) is -2.50. The zero-order valence-electron chi connectivity index (χ0n) is 16.5. The molecule has 0 spiro atoms. The number of thioether (sulfide) groups is 1. The molecule has 3 rings (SSSR count). The second-order valence-electron chi connectivity index (χ2n) is 6.74. The lowest BCUT2D eigenvalue weighted by Gasteiger charge is -2.33. The van der Waals surface area contributed by atoms with Crippen LogP contribution in [0.3, 0.4) is 0 Å². The lowest BCUT2D eigenvalue weighted by atomic mass is 10.1. The minimum absolute atomic E-state index is 0.0280. The van der Waals surface area contributed by atoms with Gasteiger partial charge >= 0.3 is 17.8 Å². The van der Waals surface area contributed by atoms with Gasteiger partial charge in [-0.25, -0.2) is 10.3 Å². The highest BCUT2D eigenvalue weighted by Gasteiger charge is 2.38. The maximum atomic E-state index is 12.7. The Balaban J connectivity index is 1.64. The van der Waals surface area contributed by atoms with E-state index < -0.39 is 41.3 Å². The van der Waals surface area contributed by atoms with Crippen LogP contribution >= 0.6 is 11.8 Å². The molecule has 15 heteroatoms. The highest BCUT2D eigenvalue weighted by Crippen LogP contribution is 2.19. The van der Waals surface area contributed by atoms with Crippen LogP contribution in [0.1, 0.15) is 6.92 Å². The molecule has 3 aliphatic rings. The van der Waals surface area contributed by atoms with Crippen molar-refractivity contribution in [3.05, 3.63) is 0 Å². The monoisotopic (exact) mass is 441 g/mol. The second-order valence-corrected chi connectivity index (χ2v) is 7.82. The van der Waals surface area contributed by atoms with Crippen LogP contribution < -0.4 is 21.5 Å². The van der Waals surface area contributed by atoms with Crippen molar-refractivity contribution in [2.45, 2.75) is 24.5 Å². The third kappa shape index (κ3) is 4.62. The Hall–Kier alpha value is -2.94. The molecule has 0 bridgehead atoms. The molecule has 0 aromatic carbocycles. The molecule has 0 radical (unpaired) electrons. The topological polar surface area (TPSA) is 168 Å². The third-order valence-electron chi connectivity index (χ3n) is 4.77. The van der Waals surface area contributed by atoms with Crippen molar-refractivity contribution in [1.82, 2.24) is 36.3 Å². The summed E-state index contributed by atoms with van der Waals surface area (Å²) in [6.07, 6.45) is 0. The quantitative estimate of drug-likeness (QED) is 0.243. The first kappa shape index (κ1) is 21.8. The zero-order chi connectivity index (χ0) is 21.8. The Kier molecular flexibility index (Phi) is 6.71. The van der Waals surface area contributed by atoms with Gasteiger partial charge in [-0.15, -0.1) is 16.9 Å². The lowest BCUT2D eigenvalue weighted by Crippen LogP contribution is -2.65. The molecule has 164 valence electrons. The molecule has 3 heterocycles. The number of likely N-dealkylation sites (N-methyl/N-ethyl adjacent to an activating group) is 1. The maximum Gasteiger partial charge on any atom is 0.325 e. The van der Waals surface area contributed by atoms with Crippen LogP contribution in [0.5, 0.6) is 0 Å². The molecule has 6 amide bonds. The largest absolute Gasteiger partial charge is 0.352 e. The van der Waals surface area contributed by atoms with Crippen molar-refractivity contribution in [3.63, 3.8) is 0 Å². The summed E-state index contributed by atoms with van der Waals surface area (Å²) >= 11 is 1.22. The number of carbonyl (C=O) groups is 5. The number of hydrogen-bond donors (Lipinski definition) is 4. The van der Waals surface area contributed by atoms with Gasteiger partial charge < -0.3 is 20.9 Å². The van der Waals surface area contributed by atoms with Crippen molar-refractivity contribution < 1.29 is 24.0 Å². The average Bonchev–Trinajstić information content (AvgIpc) is 3.14. The minimum atomic E-state index is -1.06. The SMILES string of the molecule is CCN1CCN(C(=O)NC(CSC2N=NNN2C)C(=O)NC2CNC2=O)C(=O)C1=O. The van der Waals surface area contributed by atoms with Gasteiger partial charge in [0.2, 0.25) is 11.8 Å². The Morgan fingerprint density at radius 1 is 1.27 bits per heavy atom. The zero-order valence-corrected chi connectivity index (χ0v) is 17.3. The van der Waals surface area contributed by atoms with E-state index in [1.54, 1.807) is 19.0 Å². The Bertz CT molecular complexity index is 778. The van der Waals surface area contributed by atoms with Crippen molar-refractivity contribution in [2.75, 3.05) is 39.0 Å². The van der Waals surface area contributed by atoms with E-state index in [0.29, 0.717) is 13.1 Å². The van der Waals surface area contributed by atoms with E-state index >= 15 is 0 Å². The number of imide groups is 1. The van der Waals surface area contributed by atoms with Gasteiger partial charge in [-0.05, 0) is 6.92 Å². The number of urea groups is 1. The molecule has 30 heavy (non-hydrogen) atoms. The van der Waals surface area contributed by atoms with Crippen molar-refractivity contribution in [3.8, 4) is 0 Å². The molecule has 0 aliphatic carbocycles. The number of carbonyl (C=O) groups excluding carboxylic acids is 5. The van der Waals surface area contributed by atoms with E-state index in [4.69, 9.17) is 0 Å². The van der Waals surface area contributed by atoms with Crippen molar-refractivity contribution in [1.29, 1.82) is 0 Å². The fraction of sp³-hybridized carbons (Fsp3) is 0.667. The van der Waals surface area contributed by atoms with Gasteiger partial charge in [-0.2, -0.15) is 5.01 Å². The fourth-order valence-corrected chi connectivity index (χ4v) is 3.84. The molecule has 3 atom stereocenters. The second kappa shape index (κ2) is 9.25. The number of nitrogens with zero attached hydrogens (tertiary/aromatic N) is 5. The minimum Gasteiger partial charge on any atom is -0.352 e. The van der Waals surface area contributed by atoms with Crippen LogP contribution in [-0.2, 0) is 19.2 Å². The standard InChI is InChI=1S/C15H23N9O5S/c1-3-23-4-5-24(13(28)12(23)27)14(29)18-9(7-30-15-19-20-21-22(15)2)11(26)17-8-6-16-10(8)25/h8-9,15H,3-7H2,1-2H3,(H,16,25)(H,17,26)(H,18,29)(H,19,21). The molecular weight excluding hydrogens is 418 g/mol. The van der Waals surface area contributed by atoms with Gasteiger partial charge in [0.25, 0.3) is 0 Å². The van der Waals surface area contributed by atoms with Crippen LogP contribution in [0, 0.1) is 0 Å². The molecule has 3 aliphatic heterocycles. The number of rotatable bonds is 7. The van der Waals surface area contributed by atoms with Crippen molar-refractivity contribution >= 4 is 41.4 Å². The number of piperazine rings is 1. The predicted molar refractivity (Wildman–Crippen MR) is 103 cm³/mol. The van der Waals surface area contributed by atoms with Crippen LogP contribution in [-0.4, -0.2) is 101 Å². The summed E-state index contributed by atoms with van der Waals surface area (Å²) in [7, 11) is 1.71. The van der Waals surface area contributed by atoms with Crippen LogP contribution in [0.25, 0.3) is 0 Å². The summed E-state index contributed by atoms with van der Waals surface area (Å²) in [6.45, 7) is 2.65. The Labute approximate surface area is 176 Å². The molecule has 4 N–H and O–H groups in total. The summed E-state index contributed by atoms with van der Waals surface area (Å²) in [5, 5.41) is 16.8. The Morgan fingerprint density at radius 3 is 2.60 bits per heavy atom. The smallest absolute Gasteiger partial charge is 0.325 e. The van der Waals surface area contributed by atoms with E-state index in [9.17, 15) is 24.0 Å². The summed E-state index contributed by atoms with van der Waals surface area (Å²) in [5.41, 5.74) is 2.21. The van der Waals surface area contributed by atoms with Crippen LogP contribution in [0.4, 0.5) is 4.79 Å². The predicted octanol–water partition coefficient (Wildman–Crippen LogP) is -2.80. The Morgan fingerprint density at radius 2 is 2.03 bits per heavy atom. The first-order valence-corrected chi connectivity index (χ1v) is 10.4. The number of β-lactam (4-membered cyclic amide) rings is 1. The van der Waals surface area contributed by atoms with Gasteiger partial charge in [0.1, 0.15) is 12.1 Å². The molecule has 2 fully saturated rings. The van der Waals surface area contributed by atoms with Gasteiger partial charge in [-0.1, -0.05) is 5.22 Å². The van der Waals surface area contributed by atoms with E-state index in [-0.39, 0.29) is 24.7 Å². The molecule has 0 saturated carbocycles. The number of hydrogen-bond acceptors (Lipinski definition) is 10. The maximum absolute atomic E-state index is 12.7. The lowest BCUT2D eigenvalue weighted by molar-refractivity contribution is -0.153. The van der Waals surface area contributed by atoms with Gasteiger partial charge in [-0.3, -0.25) is 24.1 Å². The molecular formula is C15H23N9O5S. The molecule has 3 unspecified atom stereocenters. The van der Waals surface area contributed by atoms with E-state index in [2.05, 4.69) is 31.8 Å². The highest BCUT2D eigenvalue weighted by molar-refractivity contribution is 7.99. The van der Waals surface area contributed by atoms with E-state index in [0.717, 1.165) is 4.90 Å². The first-order chi connectivity index (χ1) is 14.3. The molecule has 14 nitrogen and oxygen atoms in total. The van der Waals surface area contributed by atoms with Gasteiger partial charge in [0, 0.05) is 39.0 Å². The average molecular weight is 441 g/mol. The molecule has 0 aromatic rings. The number of amides is 6. The normalized spacial score (nSPS) is 24.8. The van der Waals surface area contributed by atoms with Crippen LogP contribution in [0.2, 0.25) is 0 Å². The van der Waals surface area contributed by atoms with E-state index in [1.165, 1.54) is 16.7 Å². The van der Waals surface area contributed by atoms with Gasteiger partial charge in [0.05, 0.1) is 0 Å². The highest BCUT2D eigenvalue weighted by atomic mass is 32.2. The van der Waals surface area contributed by atoms with E-state index in [1.807, 2.05) is 0 Å². The number of nitrogens with one attached hydrogen (secondary N) is 4. The summed E-state index contributed by atoms with van der Waals surface area (Å²) in [6, 6.07) is -2.58. The molecule has 2 saturated heterocycles. The van der Waals surface area contributed by atoms with Crippen molar-refractivity contribution in [2.24, 2.45) is 10.3 Å². The summed E-state index contributed by atoms with van der Waals surface area (Å²) < 4.78 is 0.